The molecule has 0 atom stereocenters. The third kappa shape index (κ3) is 1.48. The van der Waals surface area contributed by atoms with E-state index >= 15 is 0 Å². The standard InChI is InChI=1S/C10H9BrN4/c11-8-2-1-7-4-12-5-9-6-13-14-15(9)10(7)3-8/h1-3,6,12H,4-5H2. The van der Waals surface area contributed by atoms with Crippen LogP contribution in [0.4, 0.5) is 0 Å². The van der Waals surface area contributed by atoms with Gasteiger partial charge < -0.3 is 5.32 Å². The lowest BCUT2D eigenvalue weighted by atomic mass is 10.2. The maximum absolute atomic E-state index is 4.11. The van der Waals surface area contributed by atoms with Gasteiger partial charge in [-0.15, -0.1) is 5.10 Å². The van der Waals surface area contributed by atoms with Crippen LogP contribution in [0.1, 0.15) is 11.3 Å². The van der Waals surface area contributed by atoms with Gasteiger partial charge in [-0.3, -0.25) is 0 Å². The van der Waals surface area contributed by atoms with E-state index in [1.165, 1.54) is 5.56 Å². The summed E-state index contributed by atoms with van der Waals surface area (Å²) in [5, 5.41) is 11.4. The van der Waals surface area contributed by atoms with E-state index < -0.39 is 0 Å². The highest BCUT2D eigenvalue weighted by atomic mass is 79.9. The summed E-state index contributed by atoms with van der Waals surface area (Å²) in [6.07, 6.45) is 1.79. The van der Waals surface area contributed by atoms with Gasteiger partial charge in [-0.05, 0) is 17.7 Å². The van der Waals surface area contributed by atoms with Crippen molar-refractivity contribution in [2.75, 3.05) is 0 Å². The van der Waals surface area contributed by atoms with Crippen molar-refractivity contribution in [1.29, 1.82) is 0 Å². The molecular formula is C10H9BrN4. The highest BCUT2D eigenvalue weighted by Crippen LogP contribution is 2.22. The summed E-state index contributed by atoms with van der Waals surface area (Å²) in [6.45, 7) is 1.67. The van der Waals surface area contributed by atoms with Crippen molar-refractivity contribution in [1.82, 2.24) is 20.3 Å². The van der Waals surface area contributed by atoms with Gasteiger partial charge in [0.15, 0.2) is 0 Å². The van der Waals surface area contributed by atoms with Crippen molar-refractivity contribution in [3.05, 3.63) is 40.1 Å². The molecule has 2 aromatic rings. The van der Waals surface area contributed by atoms with E-state index in [-0.39, 0.29) is 0 Å². The molecule has 76 valence electrons. The first-order valence-electron chi connectivity index (χ1n) is 4.74. The maximum atomic E-state index is 4.11. The minimum absolute atomic E-state index is 0.805. The summed E-state index contributed by atoms with van der Waals surface area (Å²) in [4.78, 5) is 0. The smallest absolute Gasteiger partial charge is 0.0783 e. The van der Waals surface area contributed by atoms with E-state index in [1.807, 2.05) is 10.7 Å². The molecule has 1 aliphatic rings. The average Bonchev–Trinajstić information content (AvgIpc) is 2.62. The van der Waals surface area contributed by atoms with Gasteiger partial charge in [0.05, 0.1) is 17.6 Å². The zero-order chi connectivity index (χ0) is 10.3. The number of benzene rings is 1. The second kappa shape index (κ2) is 3.43. The Hall–Kier alpha value is -1.20. The summed E-state index contributed by atoms with van der Waals surface area (Å²) in [7, 11) is 0. The topological polar surface area (TPSA) is 42.7 Å². The fourth-order valence-corrected chi connectivity index (χ4v) is 2.14. The molecule has 1 N–H and O–H groups in total. The molecule has 1 aromatic carbocycles. The second-order valence-corrected chi connectivity index (χ2v) is 4.43. The Bertz CT molecular complexity index is 506. The zero-order valence-corrected chi connectivity index (χ0v) is 9.53. The monoisotopic (exact) mass is 264 g/mol. The quantitative estimate of drug-likeness (QED) is 0.787. The molecule has 0 radical (unpaired) electrons. The van der Waals surface area contributed by atoms with Gasteiger partial charge in [0.25, 0.3) is 0 Å². The summed E-state index contributed by atoms with van der Waals surface area (Å²) in [6, 6.07) is 6.21. The number of hydrogen-bond donors (Lipinski definition) is 1. The maximum Gasteiger partial charge on any atom is 0.0783 e. The molecule has 1 aliphatic heterocycles. The Morgan fingerprint density at radius 1 is 1.33 bits per heavy atom. The van der Waals surface area contributed by atoms with Crippen LogP contribution in [0.3, 0.4) is 0 Å². The zero-order valence-electron chi connectivity index (χ0n) is 7.94. The van der Waals surface area contributed by atoms with E-state index in [4.69, 9.17) is 0 Å². The Balaban J connectivity index is 2.27. The summed E-state index contributed by atoms with van der Waals surface area (Å²) >= 11 is 3.47. The van der Waals surface area contributed by atoms with Gasteiger partial charge in [-0.25, -0.2) is 4.68 Å². The third-order valence-electron chi connectivity index (χ3n) is 2.52. The molecule has 4 nitrogen and oxygen atoms in total. The van der Waals surface area contributed by atoms with Crippen LogP contribution in [0.25, 0.3) is 5.69 Å². The molecule has 0 fully saturated rings. The number of nitrogens with one attached hydrogen (secondary N) is 1. The molecule has 0 saturated heterocycles. The number of fused-ring (bicyclic) bond motifs is 3. The first-order chi connectivity index (χ1) is 7.34. The van der Waals surface area contributed by atoms with Crippen molar-refractivity contribution in [3.63, 3.8) is 0 Å². The molecule has 2 heterocycles. The van der Waals surface area contributed by atoms with E-state index in [0.717, 1.165) is 28.9 Å². The molecule has 0 aliphatic carbocycles. The number of hydrogen-bond acceptors (Lipinski definition) is 3. The van der Waals surface area contributed by atoms with Gasteiger partial charge in [-0.1, -0.05) is 27.2 Å². The van der Waals surface area contributed by atoms with Crippen molar-refractivity contribution in [2.24, 2.45) is 0 Å². The molecule has 15 heavy (non-hydrogen) atoms. The van der Waals surface area contributed by atoms with E-state index in [9.17, 15) is 0 Å². The number of aromatic nitrogens is 3. The predicted molar refractivity (Wildman–Crippen MR) is 59.6 cm³/mol. The van der Waals surface area contributed by atoms with Crippen LogP contribution in [-0.4, -0.2) is 15.0 Å². The second-order valence-electron chi connectivity index (χ2n) is 3.51. The first-order valence-corrected chi connectivity index (χ1v) is 5.53. The van der Waals surface area contributed by atoms with Crippen LogP contribution >= 0.6 is 15.9 Å². The molecule has 0 bridgehead atoms. The van der Waals surface area contributed by atoms with Crippen molar-refractivity contribution in [3.8, 4) is 5.69 Å². The molecule has 0 saturated carbocycles. The van der Waals surface area contributed by atoms with Gasteiger partial charge in [0.2, 0.25) is 0 Å². The lowest BCUT2D eigenvalue weighted by Gasteiger charge is -2.06. The lowest BCUT2D eigenvalue weighted by Crippen LogP contribution is -2.10. The largest absolute Gasteiger partial charge is 0.307 e. The highest BCUT2D eigenvalue weighted by molar-refractivity contribution is 9.10. The average molecular weight is 265 g/mol. The molecule has 0 spiro atoms. The van der Waals surface area contributed by atoms with Crippen LogP contribution in [0.2, 0.25) is 0 Å². The fourth-order valence-electron chi connectivity index (χ4n) is 1.79. The van der Waals surface area contributed by atoms with Gasteiger partial charge in [0, 0.05) is 17.6 Å². The lowest BCUT2D eigenvalue weighted by molar-refractivity contribution is 0.684. The SMILES string of the molecule is Brc1ccc2c(c1)-n1nncc1CNC2. The molecule has 0 unspecified atom stereocenters. The van der Waals surface area contributed by atoms with Gasteiger partial charge in [-0.2, -0.15) is 0 Å². The Morgan fingerprint density at radius 2 is 2.27 bits per heavy atom. The summed E-state index contributed by atoms with van der Waals surface area (Å²) < 4.78 is 2.95. The van der Waals surface area contributed by atoms with Crippen molar-refractivity contribution < 1.29 is 0 Å². The minimum Gasteiger partial charge on any atom is -0.307 e. The summed E-state index contributed by atoms with van der Waals surface area (Å²) in [5.74, 6) is 0. The molecule has 1 aromatic heterocycles. The van der Waals surface area contributed by atoms with E-state index in [0.29, 0.717) is 0 Å². The number of rotatable bonds is 0. The molecule has 3 rings (SSSR count). The highest BCUT2D eigenvalue weighted by Gasteiger charge is 2.14. The number of nitrogens with zero attached hydrogens (tertiary/aromatic N) is 3. The first kappa shape index (κ1) is 9.06. The minimum atomic E-state index is 0.805. The predicted octanol–water partition coefficient (Wildman–Crippen LogP) is 1.63. The number of halogens is 1. The van der Waals surface area contributed by atoms with E-state index in [2.05, 4.69) is 43.7 Å². The van der Waals surface area contributed by atoms with Crippen LogP contribution in [0.5, 0.6) is 0 Å². The Morgan fingerprint density at radius 3 is 3.20 bits per heavy atom. The molecule has 0 amide bonds. The van der Waals surface area contributed by atoms with Gasteiger partial charge >= 0.3 is 0 Å². The van der Waals surface area contributed by atoms with Crippen LogP contribution in [0.15, 0.2) is 28.9 Å². The Kier molecular flexibility index (Phi) is 2.07. The van der Waals surface area contributed by atoms with Crippen molar-refractivity contribution >= 4 is 15.9 Å². The van der Waals surface area contributed by atoms with Crippen LogP contribution in [-0.2, 0) is 13.1 Å². The normalized spacial score (nSPS) is 14.2. The van der Waals surface area contributed by atoms with Crippen LogP contribution in [0, 0.1) is 0 Å². The van der Waals surface area contributed by atoms with Crippen molar-refractivity contribution in [2.45, 2.75) is 13.1 Å². The summed E-state index contributed by atoms with van der Waals surface area (Å²) in [5.41, 5.74) is 3.43. The molecular weight excluding hydrogens is 256 g/mol. The molecule has 5 heteroatoms. The van der Waals surface area contributed by atoms with Gasteiger partial charge in [0.1, 0.15) is 0 Å². The van der Waals surface area contributed by atoms with E-state index in [1.54, 1.807) is 6.20 Å². The van der Waals surface area contributed by atoms with Crippen LogP contribution < -0.4 is 5.32 Å². The fraction of sp³-hybridized carbons (Fsp3) is 0.200. The Labute approximate surface area is 95.4 Å². The third-order valence-corrected chi connectivity index (χ3v) is 3.01.